The van der Waals surface area contributed by atoms with E-state index in [2.05, 4.69) is 32.0 Å². The molecule has 0 spiro atoms. The van der Waals surface area contributed by atoms with Crippen molar-refractivity contribution in [2.24, 2.45) is 5.73 Å². The topological polar surface area (TPSA) is 39.2 Å². The zero-order valence-electron chi connectivity index (χ0n) is 11.5. The lowest BCUT2D eigenvalue weighted by molar-refractivity contribution is 0.524. The van der Waals surface area contributed by atoms with Crippen molar-refractivity contribution in [3.05, 3.63) is 69.9 Å². The monoisotopic (exact) mass is 285 g/mol. The number of benzene rings is 2. The molecule has 0 aliphatic heterocycles. The van der Waals surface area contributed by atoms with Crippen LogP contribution in [0.2, 0.25) is 5.02 Å². The number of rotatable bonds is 2. The molecule has 0 aliphatic rings. The van der Waals surface area contributed by atoms with Crippen molar-refractivity contribution < 1.29 is 4.42 Å². The Labute approximate surface area is 123 Å². The fourth-order valence-electron chi connectivity index (χ4n) is 2.52. The van der Waals surface area contributed by atoms with Crippen LogP contribution in [-0.2, 0) is 0 Å². The van der Waals surface area contributed by atoms with E-state index in [1.165, 1.54) is 11.1 Å². The summed E-state index contributed by atoms with van der Waals surface area (Å²) in [7, 11) is 0. The highest BCUT2D eigenvalue weighted by molar-refractivity contribution is 6.31. The van der Waals surface area contributed by atoms with Gasteiger partial charge in [0.2, 0.25) is 0 Å². The lowest BCUT2D eigenvalue weighted by atomic mass is 9.98. The van der Waals surface area contributed by atoms with Gasteiger partial charge < -0.3 is 10.2 Å². The molecule has 0 saturated carbocycles. The van der Waals surface area contributed by atoms with Gasteiger partial charge in [-0.15, -0.1) is 0 Å². The van der Waals surface area contributed by atoms with E-state index in [4.69, 9.17) is 21.8 Å². The Morgan fingerprint density at radius 3 is 2.60 bits per heavy atom. The Morgan fingerprint density at radius 1 is 1.05 bits per heavy atom. The molecule has 0 fully saturated rings. The standard InChI is InChI=1S/C17H16ClNO/c1-10-3-5-14(11(2)7-10)17(19)16-9-12-8-13(18)4-6-15(12)20-16/h3-9,17H,19H2,1-2H3. The van der Waals surface area contributed by atoms with E-state index in [9.17, 15) is 0 Å². The SMILES string of the molecule is Cc1ccc(C(N)c2cc3cc(Cl)ccc3o2)c(C)c1. The lowest BCUT2D eigenvalue weighted by Gasteiger charge is -2.12. The van der Waals surface area contributed by atoms with Crippen molar-refractivity contribution in [1.82, 2.24) is 0 Å². The molecule has 3 aromatic rings. The van der Waals surface area contributed by atoms with Gasteiger partial charge >= 0.3 is 0 Å². The predicted octanol–water partition coefficient (Wildman–Crippen LogP) is 4.75. The Morgan fingerprint density at radius 2 is 1.85 bits per heavy atom. The highest BCUT2D eigenvalue weighted by atomic mass is 35.5. The third-order valence-electron chi connectivity index (χ3n) is 3.56. The molecular weight excluding hydrogens is 270 g/mol. The number of nitrogens with two attached hydrogens (primary N) is 1. The summed E-state index contributed by atoms with van der Waals surface area (Å²) in [4.78, 5) is 0. The first kappa shape index (κ1) is 13.2. The van der Waals surface area contributed by atoms with E-state index in [1.807, 2.05) is 24.3 Å². The quantitative estimate of drug-likeness (QED) is 0.738. The van der Waals surface area contributed by atoms with Crippen LogP contribution in [0.4, 0.5) is 0 Å². The van der Waals surface area contributed by atoms with Gasteiger partial charge in [-0.05, 0) is 49.2 Å². The summed E-state index contributed by atoms with van der Waals surface area (Å²) in [6.45, 7) is 4.15. The molecule has 2 nitrogen and oxygen atoms in total. The summed E-state index contributed by atoms with van der Waals surface area (Å²) in [6, 6.07) is 13.5. The third-order valence-corrected chi connectivity index (χ3v) is 3.80. The molecule has 0 radical (unpaired) electrons. The molecule has 1 atom stereocenters. The van der Waals surface area contributed by atoms with Crippen LogP contribution in [0.1, 0.15) is 28.5 Å². The van der Waals surface area contributed by atoms with E-state index >= 15 is 0 Å². The average Bonchev–Trinajstić information content (AvgIpc) is 2.81. The molecule has 1 heterocycles. The zero-order chi connectivity index (χ0) is 14.3. The van der Waals surface area contributed by atoms with Crippen LogP contribution in [0.15, 0.2) is 46.9 Å². The van der Waals surface area contributed by atoms with Crippen molar-refractivity contribution in [3.8, 4) is 0 Å². The second-order valence-corrected chi connectivity index (χ2v) is 5.61. The summed E-state index contributed by atoms with van der Waals surface area (Å²) >= 11 is 5.99. The van der Waals surface area contributed by atoms with E-state index in [-0.39, 0.29) is 6.04 Å². The van der Waals surface area contributed by atoms with Crippen LogP contribution in [0.5, 0.6) is 0 Å². The fourth-order valence-corrected chi connectivity index (χ4v) is 2.70. The Kier molecular flexibility index (Phi) is 3.28. The van der Waals surface area contributed by atoms with E-state index in [0.29, 0.717) is 5.02 Å². The van der Waals surface area contributed by atoms with Gasteiger partial charge in [0.1, 0.15) is 11.3 Å². The minimum absolute atomic E-state index is 0.262. The van der Waals surface area contributed by atoms with Gasteiger partial charge in [0.05, 0.1) is 6.04 Å². The summed E-state index contributed by atoms with van der Waals surface area (Å²) in [5.74, 6) is 0.759. The minimum atomic E-state index is -0.262. The Balaban J connectivity index is 2.05. The van der Waals surface area contributed by atoms with Crippen molar-refractivity contribution in [2.45, 2.75) is 19.9 Å². The van der Waals surface area contributed by atoms with E-state index in [0.717, 1.165) is 22.3 Å². The first-order valence-electron chi connectivity index (χ1n) is 6.56. The van der Waals surface area contributed by atoms with Gasteiger partial charge in [0, 0.05) is 10.4 Å². The van der Waals surface area contributed by atoms with Crippen LogP contribution in [-0.4, -0.2) is 0 Å². The summed E-state index contributed by atoms with van der Waals surface area (Å²) in [5, 5.41) is 1.68. The summed E-state index contributed by atoms with van der Waals surface area (Å²) in [5.41, 5.74) is 10.6. The van der Waals surface area contributed by atoms with Crippen LogP contribution in [0.3, 0.4) is 0 Å². The number of halogens is 1. The van der Waals surface area contributed by atoms with Crippen molar-refractivity contribution in [2.75, 3.05) is 0 Å². The summed E-state index contributed by atoms with van der Waals surface area (Å²) in [6.07, 6.45) is 0. The molecule has 2 N–H and O–H groups in total. The van der Waals surface area contributed by atoms with Crippen molar-refractivity contribution in [3.63, 3.8) is 0 Å². The molecular formula is C17H16ClNO. The zero-order valence-corrected chi connectivity index (χ0v) is 12.2. The number of aryl methyl sites for hydroxylation is 2. The first-order valence-corrected chi connectivity index (χ1v) is 6.94. The Hall–Kier alpha value is -1.77. The Bertz CT molecular complexity index is 776. The van der Waals surface area contributed by atoms with Crippen LogP contribution in [0, 0.1) is 13.8 Å². The maximum Gasteiger partial charge on any atom is 0.134 e. The molecule has 1 unspecified atom stereocenters. The van der Waals surface area contributed by atoms with Crippen molar-refractivity contribution in [1.29, 1.82) is 0 Å². The van der Waals surface area contributed by atoms with Gasteiger partial charge in [-0.1, -0.05) is 35.4 Å². The molecule has 0 bridgehead atoms. The predicted molar refractivity (Wildman–Crippen MR) is 83.2 cm³/mol. The number of furan rings is 1. The lowest BCUT2D eigenvalue weighted by Crippen LogP contribution is -2.12. The van der Waals surface area contributed by atoms with Crippen LogP contribution < -0.4 is 5.73 Å². The molecule has 0 aliphatic carbocycles. The van der Waals surface area contributed by atoms with E-state index in [1.54, 1.807) is 0 Å². The maximum absolute atomic E-state index is 6.34. The molecule has 102 valence electrons. The number of fused-ring (bicyclic) bond motifs is 1. The van der Waals surface area contributed by atoms with Gasteiger partial charge in [-0.3, -0.25) is 0 Å². The molecule has 0 amide bonds. The average molecular weight is 286 g/mol. The summed E-state index contributed by atoms with van der Waals surface area (Å²) < 4.78 is 5.84. The second-order valence-electron chi connectivity index (χ2n) is 5.17. The molecule has 2 aromatic carbocycles. The fraction of sp³-hybridized carbons (Fsp3) is 0.176. The third kappa shape index (κ3) is 2.33. The normalized spacial score (nSPS) is 12.8. The van der Waals surface area contributed by atoms with Gasteiger partial charge in [0.15, 0.2) is 0 Å². The highest BCUT2D eigenvalue weighted by Crippen LogP contribution is 2.29. The van der Waals surface area contributed by atoms with Gasteiger partial charge in [0.25, 0.3) is 0 Å². The largest absolute Gasteiger partial charge is 0.459 e. The number of hydrogen-bond acceptors (Lipinski definition) is 2. The molecule has 3 rings (SSSR count). The minimum Gasteiger partial charge on any atom is -0.459 e. The first-order chi connectivity index (χ1) is 9.54. The molecule has 1 aromatic heterocycles. The van der Waals surface area contributed by atoms with Crippen LogP contribution in [0.25, 0.3) is 11.0 Å². The van der Waals surface area contributed by atoms with E-state index < -0.39 is 0 Å². The maximum atomic E-state index is 6.34. The highest BCUT2D eigenvalue weighted by Gasteiger charge is 2.16. The van der Waals surface area contributed by atoms with Gasteiger partial charge in [-0.25, -0.2) is 0 Å². The van der Waals surface area contributed by atoms with Crippen LogP contribution >= 0.6 is 11.6 Å². The van der Waals surface area contributed by atoms with Gasteiger partial charge in [-0.2, -0.15) is 0 Å². The number of hydrogen-bond donors (Lipinski definition) is 1. The molecule has 20 heavy (non-hydrogen) atoms. The van der Waals surface area contributed by atoms with Crippen molar-refractivity contribution >= 4 is 22.6 Å². The molecule has 3 heteroatoms. The smallest absolute Gasteiger partial charge is 0.134 e. The second kappa shape index (κ2) is 4.97. The molecule has 0 saturated heterocycles.